The van der Waals surface area contributed by atoms with E-state index in [0.29, 0.717) is 12.5 Å². The highest BCUT2D eigenvalue weighted by Gasteiger charge is 2.07. The van der Waals surface area contributed by atoms with Gasteiger partial charge < -0.3 is 10.4 Å². The van der Waals surface area contributed by atoms with Crippen molar-refractivity contribution in [3.63, 3.8) is 0 Å². The van der Waals surface area contributed by atoms with Gasteiger partial charge >= 0.3 is 0 Å². The summed E-state index contributed by atoms with van der Waals surface area (Å²) in [5.74, 6) is 0.543. The molecule has 16 heavy (non-hydrogen) atoms. The Kier molecular flexibility index (Phi) is 6.51. The van der Waals surface area contributed by atoms with Gasteiger partial charge in [0, 0.05) is 22.4 Å². The molecule has 1 rings (SSSR count). The normalized spacial score (nSPS) is 13.4. The zero-order valence-electron chi connectivity index (χ0n) is 9.46. The number of aliphatic hydroxyl groups is 1. The Bertz CT molecular complexity index is 308. The summed E-state index contributed by atoms with van der Waals surface area (Å²) in [6, 6.07) is 2.09. The first-order valence-corrected chi connectivity index (χ1v) is 7.71. The van der Waals surface area contributed by atoms with Gasteiger partial charge in [0.2, 0.25) is 0 Å². The molecule has 1 heterocycles. The van der Waals surface area contributed by atoms with E-state index in [9.17, 15) is 5.11 Å². The van der Waals surface area contributed by atoms with E-state index in [1.54, 1.807) is 11.3 Å². The predicted molar refractivity (Wildman–Crippen MR) is 76.9 cm³/mol. The minimum atomic E-state index is -0.244. The summed E-state index contributed by atoms with van der Waals surface area (Å²) in [7, 11) is 0. The molecule has 0 radical (unpaired) electrons. The van der Waals surface area contributed by atoms with Crippen molar-refractivity contribution in [3.8, 4) is 0 Å². The Hall–Kier alpha value is 0.580. The van der Waals surface area contributed by atoms with Gasteiger partial charge in [0.25, 0.3) is 0 Å². The lowest BCUT2D eigenvalue weighted by atomic mass is 10.1. The second kappa shape index (κ2) is 7.11. The van der Waals surface area contributed by atoms with Crippen molar-refractivity contribution in [2.45, 2.75) is 32.9 Å². The van der Waals surface area contributed by atoms with Crippen molar-refractivity contribution >= 4 is 43.2 Å². The summed E-state index contributed by atoms with van der Waals surface area (Å²) >= 11 is 8.63. The maximum Gasteiger partial charge on any atom is 0.0843 e. The van der Waals surface area contributed by atoms with Gasteiger partial charge in [0.05, 0.1) is 9.89 Å². The average molecular weight is 371 g/mol. The Labute approximate surface area is 118 Å². The van der Waals surface area contributed by atoms with Crippen LogP contribution in [-0.4, -0.2) is 17.8 Å². The van der Waals surface area contributed by atoms with Gasteiger partial charge in [-0.15, -0.1) is 11.3 Å². The van der Waals surface area contributed by atoms with Crippen LogP contribution in [0, 0.1) is 5.92 Å². The lowest BCUT2D eigenvalue weighted by molar-refractivity contribution is 0.146. The molecule has 0 saturated heterocycles. The van der Waals surface area contributed by atoms with Crippen molar-refractivity contribution < 1.29 is 5.11 Å². The first-order valence-electron chi connectivity index (χ1n) is 5.31. The van der Waals surface area contributed by atoms with Crippen LogP contribution in [0.25, 0.3) is 0 Å². The topological polar surface area (TPSA) is 32.3 Å². The first kappa shape index (κ1) is 14.6. The molecule has 1 atom stereocenters. The number of thiophene rings is 1. The van der Waals surface area contributed by atoms with Crippen LogP contribution < -0.4 is 5.32 Å². The molecule has 0 spiro atoms. The zero-order chi connectivity index (χ0) is 12.1. The summed E-state index contributed by atoms with van der Waals surface area (Å²) < 4.78 is 2.21. The molecule has 5 heteroatoms. The fourth-order valence-corrected chi connectivity index (χ4v) is 3.61. The van der Waals surface area contributed by atoms with Gasteiger partial charge in [-0.2, -0.15) is 0 Å². The molecule has 2 nitrogen and oxygen atoms in total. The summed E-state index contributed by atoms with van der Waals surface area (Å²) in [6.07, 6.45) is 0.608. The maximum atomic E-state index is 9.68. The lowest BCUT2D eigenvalue weighted by Gasteiger charge is -2.13. The molecule has 0 aliphatic carbocycles. The summed E-state index contributed by atoms with van der Waals surface area (Å²) in [4.78, 5) is 1.26. The van der Waals surface area contributed by atoms with E-state index < -0.39 is 0 Å². The van der Waals surface area contributed by atoms with Gasteiger partial charge in [0.1, 0.15) is 0 Å². The predicted octanol–water partition coefficient (Wildman–Crippen LogP) is 3.77. The van der Waals surface area contributed by atoms with E-state index in [1.807, 2.05) is 0 Å². The first-order chi connectivity index (χ1) is 7.49. The fraction of sp³-hybridized carbons (Fsp3) is 0.636. The van der Waals surface area contributed by atoms with Crippen LogP contribution >= 0.6 is 43.2 Å². The molecule has 0 amide bonds. The number of hydrogen-bond donors (Lipinski definition) is 2. The van der Waals surface area contributed by atoms with Crippen molar-refractivity contribution in [1.29, 1.82) is 0 Å². The molecular formula is C11H17Br2NOS. The van der Waals surface area contributed by atoms with Crippen LogP contribution in [0.5, 0.6) is 0 Å². The van der Waals surface area contributed by atoms with Gasteiger partial charge in [-0.25, -0.2) is 0 Å². The van der Waals surface area contributed by atoms with Gasteiger partial charge in [-0.3, -0.25) is 0 Å². The molecule has 1 unspecified atom stereocenters. The molecular weight excluding hydrogens is 354 g/mol. The minimum Gasteiger partial charge on any atom is -0.392 e. The second-order valence-electron chi connectivity index (χ2n) is 4.25. The lowest BCUT2D eigenvalue weighted by Crippen LogP contribution is -2.27. The zero-order valence-corrected chi connectivity index (χ0v) is 13.5. The van der Waals surface area contributed by atoms with Gasteiger partial charge in [-0.05, 0) is 50.3 Å². The Morgan fingerprint density at radius 1 is 1.44 bits per heavy atom. The van der Waals surface area contributed by atoms with Crippen LogP contribution in [0.1, 0.15) is 25.1 Å². The highest BCUT2D eigenvalue weighted by Crippen LogP contribution is 2.32. The van der Waals surface area contributed by atoms with Crippen LogP contribution in [0.2, 0.25) is 0 Å². The van der Waals surface area contributed by atoms with Crippen LogP contribution in [-0.2, 0) is 6.54 Å². The van der Waals surface area contributed by atoms with E-state index in [0.717, 1.165) is 21.2 Å². The summed E-state index contributed by atoms with van der Waals surface area (Å²) in [6.45, 7) is 5.71. The van der Waals surface area contributed by atoms with E-state index in [4.69, 9.17) is 0 Å². The number of halogens is 2. The third-order valence-electron chi connectivity index (χ3n) is 2.12. The highest BCUT2D eigenvalue weighted by molar-refractivity contribution is 9.13. The molecule has 0 aromatic carbocycles. The van der Waals surface area contributed by atoms with Crippen molar-refractivity contribution in [1.82, 2.24) is 5.32 Å². The molecule has 92 valence electrons. The Morgan fingerprint density at radius 3 is 2.62 bits per heavy atom. The van der Waals surface area contributed by atoms with Gasteiger partial charge in [0.15, 0.2) is 0 Å². The molecule has 1 aromatic heterocycles. The van der Waals surface area contributed by atoms with E-state index in [-0.39, 0.29) is 6.10 Å². The Balaban J connectivity index is 2.25. The van der Waals surface area contributed by atoms with E-state index in [2.05, 4.69) is 57.1 Å². The number of hydrogen-bond acceptors (Lipinski definition) is 3. The highest BCUT2D eigenvalue weighted by atomic mass is 79.9. The second-order valence-corrected chi connectivity index (χ2v) is 7.56. The Morgan fingerprint density at radius 2 is 2.12 bits per heavy atom. The number of nitrogens with one attached hydrogen (secondary N) is 1. The van der Waals surface area contributed by atoms with Crippen molar-refractivity contribution in [2.24, 2.45) is 5.92 Å². The third-order valence-corrected chi connectivity index (χ3v) is 5.38. The third kappa shape index (κ3) is 5.27. The van der Waals surface area contributed by atoms with Crippen molar-refractivity contribution in [3.05, 3.63) is 19.2 Å². The standard InChI is InChI=1S/C11H17Br2NOS/c1-7(2)3-8(15)5-14-6-9-4-10(12)11(13)16-9/h4,7-8,14-15H,3,5-6H2,1-2H3. The minimum absolute atomic E-state index is 0.244. The maximum absolute atomic E-state index is 9.68. The molecule has 0 saturated carbocycles. The monoisotopic (exact) mass is 369 g/mol. The number of aliphatic hydroxyl groups excluding tert-OH is 1. The summed E-state index contributed by atoms with van der Waals surface area (Å²) in [5, 5.41) is 12.9. The fourth-order valence-electron chi connectivity index (χ4n) is 1.47. The molecule has 1 aromatic rings. The molecule has 0 fully saturated rings. The molecule has 0 aliphatic heterocycles. The smallest absolute Gasteiger partial charge is 0.0843 e. The largest absolute Gasteiger partial charge is 0.392 e. The average Bonchev–Trinajstić information content (AvgIpc) is 2.44. The molecule has 0 aliphatic rings. The van der Waals surface area contributed by atoms with Crippen LogP contribution in [0.4, 0.5) is 0 Å². The van der Waals surface area contributed by atoms with Crippen LogP contribution in [0.3, 0.4) is 0 Å². The summed E-state index contributed by atoms with van der Waals surface area (Å²) in [5.41, 5.74) is 0. The molecule has 0 bridgehead atoms. The number of rotatable bonds is 6. The SMILES string of the molecule is CC(C)CC(O)CNCc1cc(Br)c(Br)s1. The van der Waals surface area contributed by atoms with Crippen molar-refractivity contribution in [2.75, 3.05) is 6.54 Å². The molecule has 2 N–H and O–H groups in total. The van der Waals surface area contributed by atoms with E-state index >= 15 is 0 Å². The van der Waals surface area contributed by atoms with E-state index in [1.165, 1.54) is 4.88 Å². The van der Waals surface area contributed by atoms with Gasteiger partial charge in [-0.1, -0.05) is 13.8 Å². The quantitative estimate of drug-likeness (QED) is 0.798. The van der Waals surface area contributed by atoms with Crippen LogP contribution in [0.15, 0.2) is 14.3 Å².